The van der Waals surface area contributed by atoms with Crippen LogP contribution in [0.3, 0.4) is 0 Å². The molecule has 1 spiro atoms. The number of carbonyl (C=O) groups excluding carboxylic acids is 3. The molecule has 0 bridgehead atoms. The van der Waals surface area contributed by atoms with Crippen molar-refractivity contribution in [3.63, 3.8) is 0 Å². The third-order valence-electron chi connectivity index (χ3n) is 6.49. The number of hydrogen-bond donors (Lipinski definition) is 2. The molecule has 1 heterocycles. The minimum Gasteiger partial charge on any atom is -0.455 e. The van der Waals surface area contributed by atoms with Crippen molar-refractivity contribution >= 4 is 23.5 Å². The summed E-state index contributed by atoms with van der Waals surface area (Å²) in [6.07, 6.45) is 4.15. The van der Waals surface area contributed by atoms with Crippen LogP contribution in [-0.4, -0.2) is 34.8 Å². The van der Waals surface area contributed by atoms with Crippen molar-refractivity contribution in [2.45, 2.75) is 51.5 Å². The van der Waals surface area contributed by atoms with Gasteiger partial charge in [0.25, 0.3) is 5.91 Å². The molecule has 7 heteroatoms. The third-order valence-corrected chi connectivity index (χ3v) is 6.49. The maximum atomic E-state index is 13.0. The quantitative estimate of drug-likeness (QED) is 0.649. The number of nitrogens with one attached hydrogen (secondary N) is 2. The predicted octanol–water partition coefficient (Wildman–Crippen LogP) is 4.62. The summed E-state index contributed by atoms with van der Waals surface area (Å²) in [5, 5.41) is 5.64. The van der Waals surface area contributed by atoms with Crippen molar-refractivity contribution in [2.75, 3.05) is 11.9 Å². The maximum absolute atomic E-state index is 13.0. The first-order valence-corrected chi connectivity index (χ1v) is 11.2. The summed E-state index contributed by atoms with van der Waals surface area (Å²) in [5.74, 6) is 0.976. The van der Waals surface area contributed by atoms with Gasteiger partial charge in [-0.2, -0.15) is 0 Å². The molecule has 7 nitrogen and oxygen atoms in total. The second kappa shape index (κ2) is 9.02. The molecule has 1 saturated heterocycles. The molecule has 2 N–H and O–H groups in total. The minimum atomic E-state index is -0.852. The highest BCUT2D eigenvalue weighted by molar-refractivity contribution is 6.10. The van der Waals surface area contributed by atoms with E-state index in [1.807, 2.05) is 37.3 Å². The highest BCUT2D eigenvalue weighted by Gasteiger charge is 2.52. The first kappa shape index (κ1) is 21.9. The zero-order chi connectivity index (χ0) is 22.7. The smallest absolute Gasteiger partial charge is 0.325 e. The lowest BCUT2D eigenvalue weighted by atomic mass is 9.75. The number of amides is 4. The number of anilines is 1. The lowest BCUT2D eigenvalue weighted by Gasteiger charge is -2.34. The van der Waals surface area contributed by atoms with Gasteiger partial charge < -0.3 is 15.4 Å². The number of nitrogens with zero attached hydrogens (tertiary/aromatic N) is 1. The van der Waals surface area contributed by atoms with Crippen LogP contribution in [0, 0.1) is 12.8 Å². The van der Waals surface area contributed by atoms with Crippen molar-refractivity contribution in [1.82, 2.24) is 10.2 Å². The topological polar surface area (TPSA) is 87.7 Å². The fraction of sp³-hybridized carbons (Fsp3) is 0.400. The Hall–Kier alpha value is -3.35. The van der Waals surface area contributed by atoms with E-state index >= 15 is 0 Å². The summed E-state index contributed by atoms with van der Waals surface area (Å²) in [6.45, 7) is 3.81. The highest BCUT2D eigenvalue weighted by atomic mass is 16.5. The van der Waals surface area contributed by atoms with E-state index in [4.69, 9.17) is 4.74 Å². The van der Waals surface area contributed by atoms with Gasteiger partial charge in [0.2, 0.25) is 5.91 Å². The number of urea groups is 1. The van der Waals surface area contributed by atoms with Crippen LogP contribution in [0.15, 0.2) is 48.5 Å². The monoisotopic (exact) mass is 435 g/mol. The molecule has 4 rings (SSSR count). The lowest BCUT2D eigenvalue weighted by molar-refractivity contribution is -0.135. The van der Waals surface area contributed by atoms with Crippen molar-refractivity contribution in [3.8, 4) is 11.5 Å². The van der Waals surface area contributed by atoms with Crippen LogP contribution in [0.2, 0.25) is 0 Å². The molecular formula is C25H29N3O4. The molecule has 2 aromatic rings. The van der Waals surface area contributed by atoms with E-state index in [1.54, 1.807) is 18.2 Å². The van der Waals surface area contributed by atoms with Gasteiger partial charge in [-0.15, -0.1) is 0 Å². The van der Waals surface area contributed by atoms with Gasteiger partial charge in [0.15, 0.2) is 5.75 Å². The summed E-state index contributed by atoms with van der Waals surface area (Å²) in [4.78, 5) is 39.3. The Balaban J connectivity index is 1.41. The molecule has 1 aliphatic heterocycles. The maximum Gasteiger partial charge on any atom is 0.325 e. The fourth-order valence-corrected chi connectivity index (χ4v) is 4.46. The summed E-state index contributed by atoms with van der Waals surface area (Å²) >= 11 is 0. The van der Waals surface area contributed by atoms with Gasteiger partial charge in [0.05, 0.1) is 5.69 Å². The molecular weight excluding hydrogens is 406 g/mol. The van der Waals surface area contributed by atoms with E-state index in [1.165, 1.54) is 0 Å². The number of aryl methyl sites for hydroxylation is 1. The van der Waals surface area contributed by atoms with Gasteiger partial charge in [-0.3, -0.25) is 14.5 Å². The molecule has 32 heavy (non-hydrogen) atoms. The molecule has 1 aliphatic carbocycles. The Bertz CT molecular complexity index is 1010. The van der Waals surface area contributed by atoms with E-state index in [0.717, 1.165) is 29.7 Å². The van der Waals surface area contributed by atoms with Crippen LogP contribution in [0.5, 0.6) is 11.5 Å². The Labute approximate surface area is 188 Å². The van der Waals surface area contributed by atoms with Gasteiger partial charge in [-0.1, -0.05) is 43.2 Å². The molecule has 168 valence electrons. The standard InChI is InChI=1S/C25H29N3O4/c1-3-18-12-14-25(15-13-18)23(30)28(24(31)27-25)16-22(29)26-20-6-4-5-7-21(20)32-19-10-8-17(2)9-11-19/h4-11,18H,3,12-16H2,1-2H3,(H,26,29)(H,27,31). The zero-order valence-electron chi connectivity index (χ0n) is 18.5. The highest BCUT2D eigenvalue weighted by Crippen LogP contribution is 2.37. The van der Waals surface area contributed by atoms with Crippen LogP contribution in [0.25, 0.3) is 0 Å². The van der Waals surface area contributed by atoms with Gasteiger partial charge in [0, 0.05) is 0 Å². The first-order chi connectivity index (χ1) is 15.4. The van der Waals surface area contributed by atoms with Gasteiger partial charge in [-0.25, -0.2) is 4.79 Å². The largest absolute Gasteiger partial charge is 0.455 e. The van der Waals surface area contributed by atoms with Gasteiger partial charge >= 0.3 is 6.03 Å². The molecule has 1 saturated carbocycles. The number of carbonyl (C=O) groups is 3. The first-order valence-electron chi connectivity index (χ1n) is 11.2. The molecule has 0 atom stereocenters. The van der Waals surface area contributed by atoms with Crippen molar-refractivity contribution in [1.29, 1.82) is 0 Å². The average molecular weight is 436 g/mol. The van der Waals surface area contributed by atoms with Crippen LogP contribution in [0.1, 0.15) is 44.6 Å². The second-order valence-electron chi connectivity index (χ2n) is 8.71. The molecule has 2 fully saturated rings. The minimum absolute atomic E-state index is 0.295. The fourth-order valence-electron chi connectivity index (χ4n) is 4.46. The molecule has 2 aliphatic rings. The number of imide groups is 1. The Morgan fingerprint density at radius 2 is 1.81 bits per heavy atom. The van der Waals surface area contributed by atoms with Gasteiger partial charge in [-0.05, 0) is 62.8 Å². The Morgan fingerprint density at radius 3 is 2.50 bits per heavy atom. The van der Waals surface area contributed by atoms with E-state index in [-0.39, 0.29) is 12.5 Å². The van der Waals surface area contributed by atoms with Crippen LogP contribution < -0.4 is 15.4 Å². The van der Waals surface area contributed by atoms with E-state index in [9.17, 15) is 14.4 Å². The van der Waals surface area contributed by atoms with Crippen LogP contribution in [-0.2, 0) is 9.59 Å². The predicted molar refractivity (Wildman–Crippen MR) is 122 cm³/mol. The Kier molecular flexibility index (Phi) is 6.17. The summed E-state index contributed by atoms with van der Waals surface area (Å²) in [5.41, 5.74) is 0.743. The van der Waals surface area contributed by atoms with E-state index in [0.29, 0.717) is 35.9 Å². The molecule has 0 aromatic heterocycles. The third kappa shape index (κ3) is 4.47. The summed E-state index contributed by atoms with van der Waals surface area (Å²) in [6, 6.07) is 14.2. The second-order valence-corrected chi connectivity index (χ2v) is 8.71. The Morgan fingerprint density at radius 1 is 1.12 bits per heavy atom. The molecule has 2 aromatic carbocycles. The number of para-hydroxylation sites is 2. The van der Waals surface area contributed by atoms with Crippen molar-refractivity contribution < 1.29 is 19.1 Å². The molecule has 0 radical (unpaired) electrons. The van der Waals surface area contributed by atoms with E-state index < -0.39 is 17.5 Å². The van der Waals surface area contributed by atoms with Crippen molar-refractivity contribution in [3.05, 3.63) is 54.1 Å². The SMILES string of the molecule is CCC1CCC2(CC1)NC(=O)N(CC(=O)Nc1ccccc1Oc1ccc(C)cc1)C2=O. The summed E-state index contributed by atoms with van der Waals surface area (Å²) < 4.78 is 5.91. The average Bonchev–Trinajstić information content (AvgIpc) is 3.01. The lowest BCUT2D eigenvalue weighted by Crippen LogP contribution is -2.49. The van der Waals surface area contributed by atoms with Gasteiger partial charge in [0.1, 0.15) is 17.8 Å². The van der Waals surface area contributed by atoms with Crippen LogP contribution >= 0.6 is 0 Å². The van der Waals surface area contributed by atoms with E-state index in [2.05, 4.69) is 17.6 Å². The van der Waals surface area contributed by atoms with Crippen LogP contribution in [0.4, 0.5) is 10.5 Å². The van der Waals surface area contributed by atoms with Crippen molar-refractivity contribution in [2.24, 2.45) is 5.92 Å². The molecule has 4 amide bonds. The summed E-state index contributed by atoms with van der Waals surface area (Å²) in [7, 11) is 0. The number of benzene rings is 2. The zero-order valence-corrected chi connectivity index (χ0v) is 18.5. The molecule has 0 unspecified atom stereocenters. The number of ether oxygens (including phenoxy) is 1. The number of rotatable bonds is 6. The number of hydrogen-bond acceptors (Lipinski definition) is 4. The normalized spacial score (nSPS) is 22.7.